The molecule has 1 aliphatic heterocycles. The van der Waals surface area contributed by atoms with Crippen molar-refractivity contribution < 1.29 is 13.5 Å². The first kappa shape index (κ1) is 16.2. The Labute approximate surface area is 125 Å². The van der Waals surface area contributed by atoms with Crippen molar-refractivity contribution in [2.45, 2.75) is 45.4 Å². The second-order valence-electron chi connectivity index (χ2n) is 5.47. The molecule has 1 aromatic rings. The van der Waals surface area contributed by atoms with Crippen LogP contribution in [0.5, 0.6) is 5.75 Å². The average molecular weight is 298 g/mol. The van der Waals surface area contributed by atoms with Gasteiger partial charge in [0.2, 0.25) is 0 Å². The first-order valence-electron chi connectivity index (χ1n) is 7.67. The highest BCUT2D eigenvalue weighted by molar-refractivity contribution is 5.27. The molecule has 2 rings (SSSR count). The van der Waals surface area contributed by atoms with E-state index in [1.54, 1.807) is 12.1 Å². The number of alkyl halides is 2. The van der Waals surface area contributed by atoms with E-state index in [1.807, 2.05) is 12.1 Å². The topological polar surface area (TPSA) is 24.5 Å². The number of hydrogen-bond acceptors (Lipinski definition) is 3. The zero-order valence-electron chi connectivity index (χ0n) is 12.5. The summed E-state index contributed by atoms with van der Waals surface area (Å²) in [6.45, 7) is 3.67. The highest BCUT2D eigenvalue weighted by Crippen LogP contribution is 2.16. The number of hydrogen-bond donors (Lipinski definition) is 1. The van der Waals surface area contributed by atoms with E-state index in [0.717, 1.165) is 25.2 Å². The SMILES string of the molecule is CCN1CCCC(NCc2ccc(OC(F)F)cc2)CC1. The van der Waals surface area contributed by atoms with Crippen molar-refractivity contribution >= 4 is 0 Å². The van der Waals surface area contributed by atoms with E-state index in [-0.39, 0.29) is 5.75 Å². The molecular weight excluding hydrogens is 274 g/mol. The monoisotopic (exact) mass is 298 g/mol. The number of nitrogens with zero attached hydrogens (tertiary/aromatic N) is 1. The van der Waals surface area contributed by atoms with Gasteiger partial charge in [-0.1, -0.05) is 19.1 Å². The minimum atomic E-state index is -2.76. The lowest BCUT2D eigenvalue weighted by Gasteiger charge is -2.18. The summed E-state index contributed by atoms with van der Waals surface area (Å²) in [4.78, 5) is 2.48. The molecule has 1 N–H and O–H groups in total. The molecule has 1 unspecified atom stereocenters. The minimum Gasteiger partial charge on any atom is -0.435 e. The average Bonchev–Trinajstić information content (AvgIpc) is 2.71. The second kappa shape index (κ2) is 8.29. The van der Waals surface area contributed by atoms with Crippen molar-refractivity contribution in [1.82, 2.24) is 10.2 Å². The van der Waals surface area contributed by atoms with Crippen molar-refractivity contribution in [1.29, 1.82) is 0 Å². The summed E-state index contributed by atoms with van der Waals surface area (Å²) in [5.74, 6) is 0.210. The maximum Gasteiger partial charge on any atom is 0.387 e. The van der Waals surface area contributed by atoms with E-state index < -0.39 is 6.61 Å². The first-order valence-corrected chi connectivity index (χ1v) is 7.67. The number of likely N-dealkylation sites (tertiary alicyclic amines) is 1. The molecule has 0 amide bonds. The van der Waals surface area contributed by atoms with Gasteiger partial charge in [-0.25, -0.2) is 0 Å². The van der Waals surface area contributed by atoms with Gasteiger partial charge in [0.1, 0.15) is 5.75 Å². The van der Waals surface area contributed by atoms with Gasteiger partial charge in [-0.05, 0) is 56.6 Å². The summed E-state index contributed by atoms with van der Waals surface area (Å²) in [6, 6.07) is 7.39. The molecule has 0 bridgehead atoms. The highest BCUT2D eigenvalue weighted by atomic mass is 19.3. The Hall–Kier alpha value is -1.20. The lowest BCUT2D eigenvalue weighted by Crippen LogP contribution is -2.30. The van der Waals surface area contributed by atoms with Crippen LogP contribution in [0.15, 0.2) is 24.3 Å². The van der Waals surface area contributed by atoms with E-state index in [4.69, 9.17) is 0 Å². The standard InChI is InChI=1S/C16H24F2N2O/c1-2-20-10-3-4-14(9-11-20)19-12-13-5-7-15(8-6-13)21-16(17)18/h5-8,14,16,19H,2-4,9-12H2,1H3. The highest BCUT2D eigenvalue weighted by Gasteiger charge is 2.15. The van der Waals surface area contributed by atoms with Crippen LogP contribution in [-0.2, 0) is 6.54 Å². The number of nitrogens with one attached hydrogen (secondary N) is 1. The van der Waals surface area contributed by atoms with Crippen LogP contribution in [0.1, 0.15) is 31.7 Å². The number of benzene rings is 1. The van der Waals surface area contributed by atoms with Gasteiger partial charge in [0.05, 0.1) is 0 Å². The fourth-order valence-corrected chi connectivity index (χ4v) is 2.73. The van der Waals surface area contributed by atoms with Gasteiger partial charge in [0.15, 0.2) is 0 Å². The summed E-state index contributed by atoms with van der Waals surface area (Å²) >= 11 is 0. The smallest absolute Gasteiger partial charge is 0.387 e. The molecule has 1 aliphatic rings. The maximum absolute atomic E-state index is 12.1. The Morgan fingerprint density at radius 3 is 2.67 bits per heavy atom. The van der Waals surface area contributed by atoms with Crippen molar-refractivity contribution in [3.05, 3.63) is 29.8 Å². The van der Waals surface area contributed by atoms with Crippen molar-refractivity contribution in [2.75, 3.05) is 19.6 Å². The zero-order chi connectivity index (χ0) is 15.1. The van der Waals surface area contributed by atoms with E-state index in [1.165, 1.54) is 25.8 Å². The van der Waals surface area contributed by atoms with Crippen LogP contribution in [0.4, 0.5) is 8.78 Å². The molecule has 0 aliphatic carbocycles. The number of ether oxygens (including phenoxy) is 1. The Kier molecular flexibility index (Phi) is 6.39. The number of halogens is 2. The first-order chi connectivity index (χ1) is 10.2. The van der Waals surface area contributed by atoms with Gasteiger partial charge < -0.3 is 15.0 Å². The Balaban J connectivity index is 1.77. The molecule has 0 radical (unpaired) electrons. The Bertz CT molecular complexity index is 411. The van der Waals surface area contributed by atoms with Gasteiger partial charge in [0, 0.05) is 12.6 Å². The molecule has 1 fully saturated rings. The predicted molar refractivity (Wildman–Crippen MR) is 79.7 cm³/mol. The van der Waals surface area contributed by atoms with Crippen LogP contribution in [0, 0.1) is 0 Å². The van der Waals surface area contributed by atoms with Crippen LogP contribution in [0.2, 0.25) is 0 Å². The van der Waals surface area contributed by atoms with Gasteiger partial charge in [0.25, 0.3) is 0 Å². The fraction of sp³-hybridized carbons (Fsp3) is 0.625. The molecule has 1 heterocycles. The molecule has 1 saturated heterocycles. The molecule has 21 heavy (non-hydrogen) atoms. The van der Waals surface area contributed by atoms with Crippen LogP contribution < -0.4 is 10.1 Å². The molecule has 3 nitrogen and oxygen atoms in total. The van der Waals surface area contributed by atoms with Crippen molar-refractivity contribution in [2.24, 2.45) is 0 Å². The molecular formula is C16H24F2N2O. The van der Waals surface area contributed by atoms with E-state index in [2.05, 4.69) is 21.9 Å². The van der Waals surface area contributed by atoms with Gasteiger partial charge in [-0.3, -0.25) is 0 Å². The third-order valence-corrected chi connectivity index (χ3v) is 4.01. The minimum absolute atomic E-state index is 0.210. The molecule has 118 valence electrons. The molecule has 0 aromatic heterocycles. The van der Waals surface area contributed by atoms with E-state index in [9.17, 15) is 8.78 Å². The van der Waals surface area contributed by atoms with Gasteiger partial charge >= 0.3 is 6.61 Å². The van der Waals surface area contributed by atoms with Crippen LogP contribution in [0.25, 0.3) is 0 Å². The third-order valence-electron chi connectivity index (χ3n) is 4.01. The van der Waals surface area contributed by atoms with Gasteiger partial charge in [-0.2, -0.15) is 8.78 Å². The summed E-state index contributed by atoms with van der Waals surface area (Å²) in [7, 11) is 0. The fourth-order valence-electron chi connectivity index (χ4n) is 2.73. The van der Waals surface area contributed by atoms with Crippen molar-refractivity contribution in [3.63, 3.8) is 0 Å². The normalized spacial score (nSPS) is 20.5. The zero-order valence-corrected chi connectivity index (χ0v) is 12.5. The third kappa shape index (κ3) is 5.59. The molecule has 5 heteroatoms. The predicted octanol–water partition coefficient (Wildman–Crippen LogP) is 3.25. The molecule has 1 atom stereocenters. The largest absolute Gasteiger partial charge is 0.435 e. The quantitative estimate of drug-likeness (QED) is 0.872. The van der Waals surface area contributed by atoms with Crippen LogP contribution in [-0.4, -0.2) is 37.2 Å². The van der Waals surface area contributed by atoms with E-state index >= 15 is 0 Å². The number of rotatable bonds is 6. The maximum atomic E-state index is 12.1. The summed E-state index contributed by atoms with van der Waals surface area (Å²) < 4.78 is 28.5. The molecule has 0 spiro atoms. The summed E-state index contributed by atoms with van der Waals surface area (Å²) in [5.41, 5.74) is 1.09. The Morgan fingerprint density at radius 2 is 2.00 bits per heavy atom. The van der Waals surface area contributed by atoms with Gasteiger partial charge in [-0.15, -0.1) is 0 Å². The summed E-state index contributed by atoms with van der Waals surface area (Å²) in [6.07, 6.45) is 3.59. The van der Waals surface area contributed by atoms with E-state index in [0.29, 0.717) is 6.04 Å². The molecule has 1 aromatic carbocycles. The van der Waals surface area contributed by atoms with Crippen LogP contribution in [0.3, 0.4) is 0 Å². The second-order valence-corrected chi connectivity index (χ2v) is 5.47. The van der Waals surface area contributed by atoms with Crippen LogP contribution >= 0.6 is 0 Å². The lowest BCUT2D eigenvalue weighted by molar-refractivity contribution is -0.0498. The lowest BCUT2D eigenvalue weighted by atomic mass is 10.1. The van der Waals surface area contributed by atoms with Crippen molar-refractivity contribution in [3.8, 4) is 5.75 Å². The Morgan fingerprint density at radius 1 is 1.24 bits per heavy atom. The molecule has 0 saturated carbocycles. The summed E-state index contributed by atoms with van der Waals surface area (Å²) in [5, 5.41) is 3.57.